The summed E-state index contributed by atoms with van der Waals surface area (Å²) in [7, 11) is -0.737. The van der Waals surface area contributed by atoms with Gasteiger partial charge in [-0.2, -0.15) is 0 Å². The highest BCUT2D eigenvalue weighted by atomic mass is 32.2. The van der Waals surface area contributed by atoms with Gasteiger partial charge >= 0.3 is 0 Å². The molecule has 4 aromatic rings. The highest BCUT2D eigenvalue weighted by Gasteiger charge is 2.20. The normalized spacial score (nSPS) is 11.1. The molecule has 1 aromatic heterocycles. The summed E-state index contributed by atoms with van der Waals surface area (Å²) >= 11 is 1.24. The van der Waals surface area contributed by atoms with Crippen molar-refractivity contribution < 1.29 is 22.7 Å². The molecule has 0 saturated heterocycles. The fourth-order valence-corrected chi connectivity index (χ4v) is 5.11. The lowest BCUT2D eigenvalue weighted by Crippen LogP contribution is -2.18. The summed E-state index contributed by atoms with van der Waals surface area (Å²) in [6.45, 7) is 1.87. The predicted molar refractivity (Wildman–Crippen MR) is 137 cm³/mol. The first-order valence-electron chi connectivity index (χ1n) is 10.5. The second-order valence-electron chi connectivity index (χ2n) is 7.52. The molecule has 0 atom stereocenters. The fourth-order valence-electron chi connectivity index (χ4n) is 3.32. The number of anilines is 2. The number of aromatic nitrogens is 1. The van der Waals surface area contributed by atoms with Crippen molar-refractivity contribution in [2.45, 2.75) is 11.8 Å². The van der Waals surface area contributed by atoms with Crippen molar-refractivity contribution in [2.24, 2.45) is 0 Å². The minimum atomic E-state index is -3.87. The van der Waals surface area contributed by atoms with Crippen molar-refractivity contribution in [3.63, 3.8) is 0 Å². The third-order valence-electron chi connectivity index (χ3n) is 5.15. The monoisotopic (exact) mass is 509 g/mol. The number of carbonyl (C=O) groups is 1. The SMILES string of the molecule is COc1ccc(OC)c(-c2csc(NC(=O)c3ccccc3NS(=O)(=O)c3ccc(C)cc3)n2)c1. The van der Waals surface area contributed by atoms with E-state index < -0.39 is 15.9 Å². The average Bonchev–Trinajstić information content (AvgIpc) is 3.32. The topological polar surface area (TPSA) is 107 Å². The molecule has 10 heteroatoms. The standard InChI is InChI=1S/C25H23N3O5S2/c1-16-8-11-18(12-9-16)35(30,31)28-21-7-5-4-6-19(21)24(29)27-25-26-22(15-34-25)20-14-17(32-2)10-13-23(20)33-3/h4-15,28H,1-3H3,(H,26,27,29). The van der Waals surface area contributed by atoms with E-state index in [1.807, 2.05) is 6.92 Å². The van der Waals surface area contributed by atoms with Gasteiger partial charge in [-0.25, -0.2) is 13.4 Å². The van der Waals surface area contributed by atoms with Crippen molar-refractivity contribution in [1.82, 2.24) is 4.98 Å². The Morgan fingerprint density at radius 1 is 0.971 bits per heavy atom. The number of para-hydroxylation sites is 1. The van der Waals surface area contributed by atoms with E-state index in [0.717, 1.165) is 11.1 Å². The molecule has 0 fully saturated rings. The Kier molecular flexibility index (Phi) is 7.04. The van der Waals surface area contributed by atoms with Crippen LogP contribution in [-0.2, 0) is 10.0 Å². The molecule has 1 amide bonds. The van der Waals surface area contributed by atoms with Gasteiger partial charge < -0.3 is 9.47 Å². The van der Waals surface area contributed by atoms with Crippen LogP contribution in [0.2, 0.25) is 0 Å². The molecule has 0 aliphatic heterocycles. The zero-order chi connectivity index (χ0) is 25.0. The number of rotatable bonds is 8. The van der Waals surface area contributed by atoms with Crippen molar-refractivity contribution in [2.75, 3.05) is 24.3 Å². The Hall–Kier alpha value is -3.89. The van der Waals surface area contributed by atoms with Gasteiger partial charge in [0.2, 0.25) is 0 Å². The van der Waals surface area contributed by atoms with Gasteiger partial charge in [-0.05, 0) is 49.4 Å². The average molecular weight is 510 g/mol. The Bertz CT molecular complexity index is 1460. The minimum absolute atomic E-state index is 0.107. The summed E-state index contributed by atoms with van der Waals surface area (Å²) in [4.78, 5) is 17.7. The number of benzene rings is 3. The number of nitrogens with one attached hydrogen (secondary N) is 2. The van der Waals surface area contributed by atoms with Gasteiger partial charge in [0.1, 0.15) is 11.5 Å². The van der Waals surface area contributed by atoms with Gasteiger partial charge in [0.15, 0.2) is 5.13 Å². The van der Waals surface area contributed by atoms with Crippen LogP contribution in [-0.4, -0.2) is 33.5 Å². The third kappa shape index (κ3) is 5.44. The molecule has 0 saturated carbocycles. The molecule has 0 spiro atoms. The largest absolute Gasteiger partial charge is 0.497 e. The molecule has 0 aliphatic rings. The van der Waals surface area contributed by atoms with Crippen LogP contribution in [0.25, 0.3) is 11.3 Å². The molecule has 0 radical (unpaired) electrons. The highest BCUT2D eigenvalue weighted by molar-refractivity contribution is 7.92. The minimum Gasteiger partial charge on any atom is -0.497 e. The van der Waals surface area contributed by atoms with Crippen molar-refractivity contribution in [3.05, 3.63) is 83.2 Å². The van der Waals surface area contributed by atoms with Gasteiger partial charge in [0.25, 0.3) is 15.9 Å². The zero-order valence-corrected chi connectivity index (χ0v) is 20.9. The molecule has 0 unspecified atom stereocenters. The quantitative estimate of drug-likeness (QED) is 0.339. The van der Waals surface area contributed by atoms with Crippen molar-refractivity contribution in [1.29, 1.82) is 0 Å². The van der Waals surface area contributed by atoms with Gasteiger partial charge in [-0.15, -0.1) is 11.3 Å². The Morgan fingerprint density at radius 2 is 1.71 bits per heavy atom. The summed E-state index contributed by atoms with van der Waals surface area (Å²) in [6.07, 6.45) is 0. The van der Waals surface area contributed by atoms with Crippen LogP contribution < -0.4 is 19.5 Å². The van der Waals surface area contributed by atoms with Crippen molar-refractivity contribution >= 4 is 38.1 Å². The first kappa shape index (κ1) is 24.2. The fraction of sp³-hybridized carbons (Fsp3) is 0.120. The molecule has 35 heavy (non-hydrogen) atoms. The van der Waals surface area contributed by atoms with Crippen LogP contribution in [0.5, 0.6) is 11.5 Å². The van der Waals surface area contributed by atoms with Crippen LogP contribution in [0, 0.1) is 6.92 Å². The molecule has 2 N–H and O–H groups in total. The van der Waals surface area contributed by atoms with Crippen LogP contribution in [0.15, 0.2) is 77.0 Å². The lowest BCUT2D eigenvalue weighted by atomic mass is 10.1. The number of ether oxygens (including phenoxy) is 2. The maximum absolute atomic E-state index is 13.0. The molecule has 4 rings (SSSR count). The van der Waals surface area contributed by atoms with E-state index in [0.29, 0.717) is 22.3 Å². The van der Waals surface area contributed by atoms with E-state index in [1.54, 1.807) is 68.1 Å². The maximum Gasteiger partial charge on any atom is 0.261 e. The van der Waals surface area contributed by atoms with Crippen LogP contribution in [0.4, 0.5) is 10.8 Å². The van der Waals surface area contributed by atoms with Gasteiger partial charge in [0, 0.05) is 10.9 Å². The summed E-state index contributed by atoms with van der Waals surface area (Å²) < 4.78 is 38.9. The summed E-state index contributed by atoms with van der Waals surface area (Å²) in [5.41, 5.74) is 2.60. The lowest BCUT2D eigenvalue weighted by molar-refractivity contribution is 0.102. The molecular formula is C25H23N3O5S2. The van der Waals surface area contributed by atoms with Crippen LogP contribution in [0.1, 0.15) is 15.9 Å². The maximum atomic E-state index is 13.0. The van der Waals surface area contributed by atoms with E-state index in [9.17, 15) is 13.2 Å². The summed E-state index contributed by atoms with van der Waals surface area (Å²) in [5, 5.41) is 4.89. The molecule has 180 valence electrons. The number of carbonyl (C=O) groups excluding carboxylic acids is 1. The molecule has 0 aliphatic carbocycles. The number of thiazole rings is 1. The van der Waals surface area contributed by atoms with E-state index in [2.05, 4.69) is 15.0 Å². The van der Waals surface area contributed by atoms with Crippen molar-refractivity contribution in [3.8, 4) is 22.8 Å². The van der Waals surface area contributed by atoms with Gasteiger partial charge in [0.05, 0.1) is 36.1 Å². The first-order valence-corrected chi connectivity index (χ1v) is 12.8. The third-order valence-corrected chi connectivity index (χ3v) is 7.29. The molecule has 3 aromatic carbocycles. The summed E-state index contributed by atoms with van der Waals surface area (Å²) in [6, 6.07) is 18.2. The second-order valence-corrected chi connectivity index (χ2v) is 10.1. The number of hydrogen-bond acceptors (Lipinski definition) is 7. The Labute approximate surface area is 207 Å². The first-order chi connectivity index (χ1) is 16.8. The zero-order valence-electron chi connectivity index (χ0n) is 19.2. The number of nitrogens with zero attached hydrogens (tertiary/aromatic N) is 1. The van der Waals surface area contributed by atoms with Gasteiger partial charge in [-0.3, -0.25) is 14.8 Å². The van der Waals surface area contributed by atoms with Crippen LogP contribution >= 0.6 is 11.3 Å². The van der Waals surface area contributed by atoms with E-state index >= 15 is 0 Å². The molecule has 1 heterocycles. The van der Waals surface area contributed by atoms with Crippen LogP contribution in [0.3, 0.4) is 0 Å². The predicted octanol–water partition coefficient (Wildman–Crippen LogP) is 5.19. The Balaban J connectivity index is 1.57. The van der Waals surface area contributed by atoms with E-state index in [4.69, 9.17) is 9.47 Å². The molecular weight excluding hydrogens is 486 g/mol. The van der Waals surface area contributed by atoms with E-state index in [1.165, 1.54) is 29.5 Å². The van der Waals surface area contributed by atoms with Gasteiger partial charge in [-0.1, -0.05) is 29.8 Å². The molecule has 0 bridgehead atoms. The molecule has 8 nitrogen and oxygen atoms in total. The number of methoxy groups -OCH3 is 2. The Morgan fingerprint density at radius 3 is 2.43 bits per heavy atom. The number of aryl methyl sites for hydroxylation is 1. The second kappa shape index (κ2) is 10.2. The number of amides is 1. The highest BCUT2D eigenvalue weighted by Crippen LogP contribution is 2.35. The number of hydrogen-bond donors (Lipinski definition) is 2. The lowest BCUT2D eigenvalue weighted by Gasteiger charge is -2.12. The van der Waals surface area contributed by atoms with E-state index in [-0.39, 0.29) is 16.1 Å². The smallest absolute Gasteiger partial charge is 0.261 e. The summed E-state index contributed by atoms with van der Waals surface area (Å²) in [5.74, 6) is 0.768. The number of sulfonamides is 1.